The number of rotatable bonds is 8. The number of ketones is 1. The molecule has 0 radical (unpaired) electrons. The molecule has 0 amide bonds. The van der Waals surface area contributed by atoms with Gasteiger partial charge in [0, 0.05) is 54.5 Å². The van der Waals surface area contributed by atoms with E-state index in [1.807, 2.05) is 37.3 Å². The minimum atomic E-state index is -0.431. The van der Waals surface area contributed by atoms with Crippen LogP contribution in [0.1, 0.15) is 64.5 Å². The number of hydrogen-bond donors (Lipinski definition) is 1. The topological polar surface area (TPSA) is 58.6 Å². The van der Waals surface area contributed by atoms with Crippen LogP contribution in [0.2, 0.25) is 0 Å². The Morgan fingerprint density at radius 2 is 1.69 bits per heavy atom. The van der Waals surface area contributed by atoms with Crippen LogP contribution in [0.3, 0.4) is 0 Å². The lowest BCUT2D eigenvalue weighted by Gasteiger charge is -2.39. The highest BCUT2D eigenvalue weighted by Crippen LogP contribution is 2.47. The van der Waals surface area contributed by atoms with Crippen LogP contribution in [-0.4, -0.2) is 31.4 Å². The van der Waals surface area contributed by atoms with Crippen molar-refractivity contribution >= 4 is 17.4 Å². The van der Waals surface area contributed by atoms with Gasteiger partial charge in [0.1, 0.15) is 0 Å². The number of allylic oxidation sites excluding steroid dienone is 3. The number of Topliss-reactive ketones (excluding diaryl/α,β-unsaturated/α-hetero) is 1. The van der Waals surface area contributed by atoms with Crippen molar-refractivity contribution in [2.75, 3.05) is 24.6 Å². The van der Waals surface area contributed by atoms with Gasteiger partial charge in [-0.05, 0) is 55.9 Å². The molecule has 0 fully saturated rings. The van der Waals surface area contributed by atoms with Gasteiger partial charge in [-0.25, -0.2) is 4.79 Å². The minimum absolute atomic E-state index is 0.105. The van der Waals surface area contributed by atoms with E-state index in [4.69, 9.17) is 4.74 Å². The number of nitrogens with zero attached hydrogens (tertiary/aromatic N) is 1. The maximum atomic E-state index is 13.5. The van der Waals surface area contributed by atoms with Gasteiger partial charge in [0.05, 0.1) is 12.2 Å². The lowest BCUT2D eigenvalue weighted by Crippen LogP contribution is -2.38. The predicted molar refractivity (Wildman–Crippen MR) is 145 cm³/mol. The standard InChI is InChI=1S/C31H38N2O3/c1-6-33(7-2)24-15-13-23(14-16-24)28-27(30(35)36-18-17-22-11-9-8-10-12-22)21(3)32-25-19-31(4,5)20-26(34)29(25)28/h8-16,28,32H,6-7,17-20H2,1-5H3/t28-/m1/s1. The van der Waals surface area contributed by atoms with Gasteiger partial charge < -0.3 is 15.0 Å². The van der Waals surface area contributed by atoms with Crippen molar-refractivity contribution in [3.8, 4) is 0 Å². The molecule has 1 heterocycles. The monoisotopic (exact) mass is 486 g/mol. The highest BCUT2D eigenvalue weighted by atomic mass is 16.5. The van der Waals surface area contributed by atoms with E-state index in [1.165, 1.54) is 0 Å². The molecule has 4 rings (SSSR count). The predicted octanol–water partition coefficient (Wildman–Crippen LogP) is 5.92. The van der Waals surface area contributed by atoms with Crippen molar-refractivity contribution in [2.24, 2.45) is 5.41 Å². The molecule has 0 unspecified atom stereocenters. The summed E-state index contributed by atoms with van der Waals surface area (Å²) in [7, 11) is 0. The summed E-state index contributed by atoms with van der Waals surface area (Å²) in [6.07, 6.45) is 1.89. The van der Waals surface area contributed by atoms with Gasteiger partial charge >= 0.3 is 5.97 Å². The molecule has 0 spiro atoms. The molecule has 0 bridgehead atoms. The lowest BCUT2D eigenvalue weighted by atomic mass is 9.68. The Morgan fingerprint density at radius 3 is 2.33 bits per heavy atom. The van der Waals surface area contributed by atoms with Crippen LogP contribution in [0, 0.1) is 5.41 Å². The molecule has 2 aliphatic rings. The Kier molecular flexibility index (Phi) is 7.67. The van der Waals surface area contributed by atoms with Crippen molar-refractivity contribution in [3.63, 3.8) is 0 Å². The number of hydrogen-bond acceptors (Lipinski definition) is 5. The zero-order valence-electron chi connectivity index (χ0n) is 22.2. The van der Waals surface area contributed by atoms with Gasteiger partial charge in [-0.3, -0.25) is 4.79 Å². The molecule has 190 valence electrons. The summed E-state index contributed by atoms with van der Waals surface area (Å²) in [5, 5.41) is 3.42. The van der Waals surface area contributed by atoms with E-state index in [-0.39, 0.29) is 17.2 Å². The molecular weight excluding hydrogens is 448 g/mol. The second kappa shape index (κ2) is 10.7. The third kappa shape index (κ3) is 5.40. The largest absolute Gasteiger partial charge is 0.462 e. The lowest BCUT2D eigenvalue weighted by molar-refractivity contribution is -0.139. The number of benzene rings is 2. The molecule has 0 aromatic heterocycles. The third-order valence-electron chi connectivity index (χ3n) is 7.28. The summed E-state index contributed by atoms with van der Waals surface area (Å²) in [5.41, 5.74) is 6.03. The minimum Gasteiger partial charge on any atom is -0.462 e. The molecule has 0 saturated carbocycles. The van der Waals surface area contributed by atoms with Crippen molar-refractivity contribution in [3.05, 3.63) is 88.3 Å². The Labute approximate surface area is 215 Å². The molecule has 0 saturated heterocycles. The molecule has 1 N–H and O–H groups in total. The fourth-order valence-corrected chi connectivity index (χ4v) is 5.49. The zero-order valence-corrected chi connectivity index (χ0v) is 22.2. The molecule has 1 atom stereocenters. The van der Waals surface area contributed by atoms with Crippen molar-refractivity contribution < 1.29 is 14.3 Å². The maximum Gasteiger partial charge on any atom is 0.336 e. The van der Waals surface area contributed by atoms with E-state index < -0.39 is 5.92 Å². The summed E-state index contributed by atoms with van der Waals surface area (Å²) >= 11 is 0. The van der Waals surface area contributed by atoms with E-state index >= 15 is 0 Å². The first kappa shape index (κ1) is 25.7. The molecule has 36 heavy (non-hydrogen) atoms. The van der Waals surface area contributed by atoms with E-state index in [2.05, 4.69) is 62.2 Å². The van der Waals surface area contributed by atoms with Crippen LogP contribution in [0.4, 0.5) is 5.69 Å². The summed E-state index contributed by atoms with van der Waals surface area (Å²) in [6.45, 7) is 12.6. The van der Waals surface area contributed by atoms with Crippen LogP contribution >= 0.6 is 0 Å². The summed E-state index contributed by atoms with van der Waals surface area (Å²) < 4.78 is 5.78. The van der Waals surface area contributed by atoms with E-state index in [0.717, 1.165) is 47.7 Å². The first-order valence-corrected chi connectivity index (χ1v) is 13.0. The molecule has 1 aliphatic carbocycles. The number of esters is 1. The molecule has 1 aliphatic heterocycles. The van der Waals surface area contributed by atoms with E-state index in [9.17, 15) is 9.59 Å². The normalized spacial score (nSPS) is 19.0. The number of anilines is 1. The smallest absolute Gasteiger partial charge is 0.336 e. The second-order valence-corrected chi connectivity index (χ2v) is 10.6. The maximum absolute atomic E-state index is 13.5. The second-order valence-electron chi connectivity index (χ2n) is 10.6. The fraction of sp³-hybridized carbons (Fsp3) is 0.419. The van der Waals surface area contributed by atoms with Gasteiger partial charge in [-0.2, -0.15) is 0 Å². The van der Waals surface area contributed by atoms with Gasteiger partial charge in [0.15, 0.2) is 5.78 Å². The van der Waals surface area contributed by atoms with Gasteiger partial charge in [-0.1, -0.05) is 56.3 Å². The van der Waals surface area contributed by atoms with Crippen LogP contribution in [0.5, 0.6) is 0 Å². The Morgan fingerprint density at radius 1 is 1.03 bits per heavy atom. The number of dihydropyridines is 1. The van der Waals surface area contributed by atoms with Crippen molar-refractivity contribution in [2.45, 2.75) is 59.8 Å². The van der Waals surface area contributed by atoms with E-state index in [1.54, 1.807) is 0 Å². The van der Waals surface area contributed by atoms with Crippen molar-refractivity contribution in [1.82, 2.24) is 5.32 Å². The third-order valence-corrected chi connectivity index (χ3v) is 7.28. The average Bonchev–Trinajstić information content (AvgIpc) is 2.84. The van der Waals surface area contributed by atoms with Crippen molar-refractivity contribution in [1.29, 1.82) is 0 Å². The summed E-state index contributed by atoms with van der Waals surface area (Å²) in [5.74, 6) is -0.689. The number of carbonyl (C=O) groups is 2. The Balaban J connectivity index is 1.67. The molecule has 2 aromatic rings. The fourth-order valence-electron chi connectivity index (χ4n) is 5.49. The van der Waals surface area contributed by atoms with E-state index in [0.29, 0.717) is 30.6 Å². The zero-order chi connectivity index (χ0) is 25.9. The number of nitrogens with one attached hydrogen (secondary N) is 1. The molecule has 2 aromatic carbocycles. The van der Waals surface area contributed by atoms with Gasteiger partial charge in [0.25, 0.3) is 0 Å². The quantitative estimate of drug-likeness (QED) is 0.469. The van der Waals surface area contributed by atoms with Crippen LogP contribution in [-0.2, 0) is 20.7 Å². The summed E-state index contributed by atoms with van der Waals surface area (Å²) in [6, 6.07) is 18.3. The SMILES string of the molecule is CCN(CC)c1ccc([C@@H]2C(C(=O)OCCc3ccccc3)=C(C)NC3=C2C(=O)CC(C)(C)C3)cc1. The van der Waals surface area contributed by atoms with Crippen LogP contribution < -0.4 is 10.2 Å². The highest BCUT2D eigenvalue weighted by molar-refractivity contribution is 6.04. The Hall–Kier alpha value is -3.34. The van der Waals surface area contributed by atoms with Crippen LogP contribution in [0.25, 0.3) is 0 Å². The van der Waals surface area contributed by atoms with Gasteiger partial charge in [-0.15, -0.1) is 0 Å². The summed E-state index contributed by atoms with van der Waals surface area (Å²) in [4.78, 5) is 29.3. The average molecular weight is 487 g/mol. The van der Waals surface area contributed by atoms with Gasteiger partial charge in [0.2, 0.25) is 0 Å². The number of carbonyl (C=O) groups excluding carboxylic acids is 2. The Bertz CT molecular complexity index is 1170. The van der Waals surface area contributed by atoms with Crippen LogP contribution in [0.15, 0.2) is 77.1 Å². The first-order valence-electron chi connectivity index (χ1n) is 13.0. The number of ether oxygens (including phenoxy) is 1. The molecule has 5 nitrogen and oxygen atoms in total. The molecular formula is C31H38N2O3. The first-order chi connectivity index (χ1) is 17.2. The highest BCUT2D eigenvalue weighted by Gasteiger charge is 2.43. The molecule has 5 heteroatoms.